The number of carbonyl (C=O) groups excluding carboxylic acids is 3. The van der Waals surface area contributed by atoms with Crippen LogP contribution in [-0.4, -0.2) is 58.7 Å². The van der Waals surface area contributed by atoms with E-state index in [0.29, 0.717) is 26.2 Å². The highest BCUT2D eigenvalue weighted by molar-refractivity contribution is 7.14. The molecule has 0 spiro atoms. The SMILES string of the molecule is CC(=O)N1CCN(C(=O)c2csc(NC(=O)c3cccc(F)c3)n2)CC1. The van der Waals surface area contributed by atoms with Crippen LogP contribution in [0, 0.1) is 5.82 Å². The summed E-state index contributed by atoms with van der Waals surface area (Å²) < 4.78 is 13.2. The molecule has 7 nitrogen and oxygen atoms in total. The molecule has 1 aliphatic heterocycles. The molecule has 136 valence electrons. The van der Waals surface area contributed by atoms with Gasteiger partial charge in [0.2, 0.25) is 5.91 Å². The van der Waals surface area contributed by atoms with Gasteiger partial charge in [0.05, 0.1) is 0 Å². The van der Waals surface area contributed by atoms with E-state index in [9.17, 15) is 18.8 Å². The zero-order valence-corrected chi connectivity index (χ0v) is 14.9. The fraction of sp³-hybridized carbons (Fsp3) is 0.294. The second kappa shape index (κ2) is 7.61. The predicted octanol–water partition coefficient (Wildman–Crippen LogP) is 1.84. The molecule has 3 rings (SSSR count). The first-order valence-electron chi connectivity index (χ1n) is 8.01. The summed E-state index contributed by atoms with van der Waals surface area (Å²) in [6, 6.07) is 5.32. The van der Waals surface area contributed by atoms with Gasteiger partial charge in [-0.1, -0.05) is 6.07 Å². The van der Waals surface area contributed by atoms with Crippen LogP contribution in [0.1, 0.15) is 27.8 Å². The van der Waals surface area contributed by atoms with Crippen molar-refractivity contribution in [2.75, 3.05) is 31.5 Å². The maximum Gasteiger partial charge on any atom is 0.273 e. The van der Waals surface area contributed by atoms with Crippen molar-refractivity contribution >= 4 is 34.2 Å². The van der Waals surface area contributed by atoms with E-state index in [1.807, 2.05) is 0 Å². The lowest BCUT2D eigenvalue weighted by atomic mass is 10.2. The number of nitrogens with zero attached hydrogens (tertiary/aromatic N) is 3. The molecule has 26 heavy (non-hydrogen) atoms. The molecule has 1 aliphatic rings. The summed E-state index contributed by atoms with van der Waals surface area (Å²) in [4.78, 5) is 43.4. The maximum atomic E-state index is 13.2. The van der Waals surface area contributed by atoms with Crippen LogP contribution >= 0.6 is 11.3 Å². The highest BCUT2D eigenvalue weighted by Crippen LogP contribution is 2.19. The Labute approximate surface area is 153 Å². The number of hydrogen-bond acceptors (Lipinski definition) is 5. The number of amides is 3. The minimum Gasteiger partial charge on any atom is -0.339 e. The number of nitrogens with one attached hydrogen (secondary N) is 1. The molecule has 1 aromatic heterocycles. The monoisotopic (exact) mass is 376 g/mol. The van der Waals surface area contributed by atoms with Gasteiger partial charge in [0.15, 0.2) is 5.13 Å². The summed E-state index contributed by atoms with van der Waals surface area (Å²) in [5, 5.41) is 4.40. The molecule has 1 fully saturated rings. The van der Waals surface area contributed by atoms with Gasteiger partial charge in [-0.15, -0.1) is 11.3 Å². The maximum absolute atomic E-state index is 13.2. The highest BCUT2D eigenvalue weighted by Gasteiger charge is 2.25. The fourth-order valence-electron chi connectivity index (χ4n) is 2.61. The van der Waals surface area contributed by atoms with E-state index in [4.69, 9.17) is 0 Å². The molecule has 1 aromatic carbocycles. The third-order valence-electron chi connectivity index (χ3n) is 4.04. The number of thiazole rings is 1. The highest BCUT2D eigenvalue weighted by atomic mass is 32.1. The first kappa shape index (κ1) is 18.0. The van der Waals surface area contributed by atoms with Crippen molar-refractivity contribution in [3.05, 3.63) is 46.7 Å². The van der Waals surface area contributed by atoms with Gasteiger partial charge >= 0.3 is 0 Å². The number of halogens is 1. The van der Waals surface area contributed by atoms with Crippen molar-refractivity contribution in [1.29, 1.82) is 0 Å². The third kappa shape index (κ3) is 4.05. The van der Waals surface area contributed by atoms with Crippen LogP contribution in [0.3, 0.4) is 0 Å². The van der Waals surface area contributed by atoms with Crippen molar-refractivity contribution in [1.82, 2.24) is 14.8 Å². The topological polar surface area (TPSA) is 82.6 Å². The summed E-state index contributed by atoms with van der Waals surface area (Å²) in [7, 11) is 0. The van der Waals surface area contributed by atoms with E-state index in [-0.39, 0.29) is 28.2 Å². The van der Waals surface area contributed by atoms with Crippen LogP contribution in [0.15, 0.2) is 29.6 Å². The zero-order valence-electron chi connectivity index (χ0n) is 14.1. The first-order chi connectivity index (χ1) is 12.4. The minimum atomic E-state index is -0.502. The predicted molar refractivity (Wildman–Crippen MR) is 94.6 cm³/mol. The van der Waals surface area contributed by atoms with Crippen LogP contribution in [0.2, 0.25) is 0 Å². The van der Waals surface area contributed by atoms with Crippen molar-refractivity contribution < 1.29 is 18.8 Å². The van der Waals surface area contributed by atoms with Crippen molar-refractivity contribution in [3.8, 4) is 0 Å². The normalized spacial score (nSPS) is 14.2. The quantitative estimate of drug-likeness (QED) is 0.886. The molecule has 9 heteroatoms. The number of hydrogen-bond donors (Lipinski definition) is 1. The van der Waals surface area contributed by atoms with Crippen molar-refractivity contribution in [3.63, 3.8) is 0 Å². The number of anilines is 1. The smallest absolute Gasteiger partial charge is 0.273 e. The molecular weight excluding hydrogens is 359 g/mol. The Morgan fingerprint density at radius 2 is 1.85 bits per heavy atom. The first-order valence-corrected chi connectivity index (χ1v) is 8.89. The van der Waals surface area contributed by atoms with Gasteiger partial charge in [-0.05, 0) is 18.2 Å². The number of carbonyl (C=O) groups is 3. The summed E-state index contributed by atoms with van der Waals surface area (Å²) in [6.45, 7) is 3.38. The van der Waals surface area contributed by atoms with E-state index < -0.39 is 11.7 Å². The van der Waals surface area contributed by atoms with Crippen LogP contribution in [0.5, 0.6) is 0 Å². The largest absolute Gasteiger partial charge is 0.339 e. The zero-order chi connectivity index (χ0) is 18.7. The molecule has 3 amide bonds. The standard InChI is InChI=1S/C17H17FN4O3S/c1-11(23)21-5-7-22(8-6-21)16(25)14-10-26-17(19-14)20-15(24)12-3-2-4-13(18)9-12/h2-4,9-10H,5-8H2,1H3,(H,19,20,24). The Balaban J connectivity index is 1.62. The van der Waals surface area contributed by atoms with Crippen LogP contribution in [0.4, 0.5) is 9.52 Å². The minimum absolute atomic E-state index is 0.00638. The lowest BCUT2D eigenvalue weighted by Crippen LogP contribution is -2.50. The molecule has 0 saturated carbocycles. The third-order valence-corrected chi connectivity index (χ3v) is 4.80. The lowest BCUT2D eigenvalue weighted by molar-refractivity contribution is -0.130. The van der Waals surface area contributed by atoms with Gasteiger partial charge in [0.1, 0.15) is 11.5 Å². The average molecular weight is 376 g/mol. The van der Waals surface area contributed by atoms with Crippen LogP contribution < -0.4 is 5.32 Å². The summed E-state index contributed by atoms with van der Waals surface area (Å²) >= 11 is 1.13. The molecule has 0 radical (unpaired) electrons. The Morgan fingerprint density at radius 1 is 1.15 bits per heavy atom. The number of rotatable bonds is 3. The van der Waals surface area contributed by atoms with E-state index in [1.165, 1.54) is 25.1 Å². The van der Waals surface area contributed by atoms with Gasteiger partial charge in [-0.3, -0.25) is 19.7 Å². The van der Waals surface area contributed by atoms with E-state index in [2.05, 4.69) is 10.3 Å². The van der Waals surface area contributed by atoms with Crippen molar-refractivity contribution in [2.24, 2.45) is 0 Å². The van der Waals surface area contributed by atoms with E-state index in [0.717, 1.165) is 17.4 Å². The van der Waals surface area contributed by atoms with Gasteiger partial charge in [0.25, 0.3) is 11.8 Å². The Kier molecular flexibility index (Phi) is 5.27. The van der Waals surface area contributed by atoms with E-state index in [1.54, 1.807) is 15.2 Å². The second-order valence-corrected chi connectivity index (χ2v) is 6.66. The Bertz CT molecular complexity index is 846. The van der Waals surface area contributed by atoms with Crippen LogP contribution in [-0.2, 0) is 4.79 Å². The summed E-state index contributed by atoms with van der Waals surface area (Å²) in [5.74, 6) is -1.24. The van der Waals surface area contributed by atoms with Gasteiger partial charge < -0.3 is 9.80 Å². The van der Waals surface area contributed by atoms with Crippen molar-refractivity contribution in [2.45, 2.75) is 6.92 Å². The molecule has 0 atom stereocenters. The lowest BCUT2D eigenvalue weighted by Gasteiger charge is -2.33. The Morgan fingerprint density at radius 3 is 2.50 bits per heavy atom. The molecule has 1 saturated heterocycles. The Hall–Kier alpha value is -2.81. The summed E-state index contributed by atoms with van der Waals surface area (Å²) in [5.41, 5.74) is 0.411. The molecule has 2 aromatic rings. The number of aromatic nitrogens is 1. The van der Waals surface area contributed by atoms with Gasteiger partial charge in [0, 0.05) is 44.0 Å². The fourth-order valence-corrected chi connectivity index (χ4v) is 3.29. The number of piperazine rings is 1. The molecule has 0 unspecified atom stereocenters. The van der Waals surface area contributed by atoms with Gasteiger partial charge in [-0.2, -0.15) is 0 Å². The molecule has 0 bridgehead atoms. The molecule has 2 heterocycles. The average Bonchev–Trinajstić information content (AvgIpc) is 3.09. The van der Waals surface area contributed by atoms with Gasteiger partial charge in [-0.25, -0.2) is 9.37 Å². The summed E-state index contributed by atoms with van der Waals surface area (Å²) in [6.07, 6.45) is 0. The number of benzene rings is 1. The molecule has 0 aliphatic carbocycles. The molecule has 1 N–H and O–H groups in total. The van der Waals surface area contributed by atoms with Crippen LogP contribution in [0.25, 0.3) is 0 Å². The second-order valence-electron chi connectivity index (χ2n) is 5.80. The van der Waals surface area contributed by atoms with E-state index >= 15 is 0 Å². The molecular formula is C17H17FN4O3S.